The van der Waals surface area contributed by atoms with Gasteiger partial charge in [-0.1, -0.05) is 31.5 Å². The number of imidazole rings is 1. The molecule has 13 nitrogen and oxygen atoms in total. The van der Waals surface area contributed by atoms with E-state index in [9.17, 15) is 24.0 Å². The summed E-state index contributed by atoms with van der Waals surface area (Å²) in [6.07, 6.45) is 6.77. The van der Waals surface area contributed by atoms with Gasteiger partial charge in [0.05, 0.1) is 28.1 Å². The number of anilines is 1. The lowest BCUT2D eigenvalue weighted by Gasteiger charge is -2.15. The maximum atomic E-state index is 12.9. The summed E-state index contributed by atoms with van der Waals surface area (Å²) in [5.74, 6) is 0.479. The number of likely N-dealkylation sites (N-methyl/N-ethyl adjacent to an activating group) is 1. The Bertz CT molecular complexity index is 1640. The standard InChI is InChI=1S/C35H50N8O5S/c1-4-5-15-28-41-32-33(24-12-6-7-14-26(24)40-34(32)36)42(28)19-11-10-18-38-29(45)16-20-43-31(47)21-27(35(43)48)49-22-30(46)39-17-9-8-13-25(37-3)23(2)44/h6-7,12,14,25,27,37H,4-5,8-11,13,15-22H2,1-3H3,(H2,36,40)(H,38,45)(H,39,46). The van der Waals surface area contributed by atoms with Crippen molar-refractivity contribution in [2.24, 2.45) is 0 Å². The number of pyridine rings is 1. The van der Waals surface area contributed by atoms with Crippen LogP contribution in [-0.4, -0.2) is 92.6 Å². The lowest BCUT2D eigenvalue weighted by Crippen LogP contribution is -2.36. The molecule has 2 unspecified atom stereocenters. The Morgan fingerprint density at radius 2 is 1.73 bits per heavy atom. The molecule has 4 rings (SSSR count). The minimum atomic E-state index is -0.627. The number of nitrogens with zero attached hydrogens (tertiary/aromatic N) is 4. The molecule has 0 radical (unpaired) electrons. The van der Waals surface area contributed by atoms with Gasteiger partial charge in [-0.2, -0.15) is 0 Å². The number of rotatable bonds is 21. The number of nitrogens with two attached hydrogens (primary N) is 1. The summed E-state index contributed by atoms with van der Waals surface area (Å²) in [6.45, 7) is 5.41. The van der Waals surface area contributed by atoms with Gasteiger partial charge in [-0.15, -0.1) is 11.8 Å². The molecule has 14 heteroatoms. The molecule has 49 heavy (non-hydrogen) atoms. The summed E-state index contributed by atoms with van der Waals surface area (Å²) in [7, 11) is 1.75. The molecular formula is C35H50N8O5S. The van der Waals surface area contributed by atoms with E-state index in [0.29, 0.717) is 25.3 Å². The van der Waals surface area contributed by atoms with Crippen LogP contribution in [-0.2, 0) is 36.9 Å². The Morgan fingerprint density at radius 1 is 1.00 bits per heavy atom. The average Bonchev–Trinajstić information content (AvgIpc) is 3.58. The molecule has 2 aromatic heterocycles. The number of para-hydroxylation sites is 1. The number of fused-ring (bicyclic) bond motifs is 3. The normalized spacial score (nSPS) is 15.3. The third-order valence-electron chi connectivity index (χ3n) is 8.84. The highest BCUT2D eigenvalue weighted by Crippen LogP contribution is 2.30. The Kier molecular flexibility index (Phi) is 14.4. The van der Waals surface area contributed by atoms with Crippen molar-refractivity contribution in [2.45, 2.75) is 95.9 Å². The quantitative estimate of drug-likeness (QED) is 0.0956. The number of hydrogen-bond donors (Lipinski definition) is 4. The molecule has 0 saturated carbocycles. The van der Waals surface area contributed by atoms with Gasteiger partial charge in [0.2, 0.25) is 23.6 Å². The van der Waals surface area contributed by atoms with E-state index in [1.54, 1.807) is 14.0 Å². The molecule has 0 aliphatic carbocycles. The van der Waals surface area contributed by atoms with Crippen LogP contribution >= 0.6 is 11.8 Å². The highest BCUT2D eigenvalue weighted by molar-refractivity contribution is 8.01. The topological polar surface area (TPSA) is 181 Å². The van der Waals surface area contributed by atoms with E-state index in [0.717, 1.165) is 95.9 Å². The zero-order valence-electron chi connectivity index (χ0n) is 28.9. The zero-order valence-corrected chi connectivity index (χ0v) is 29.7. The highest BCUT2D eigenvalue weighted by atomic mass is 32.2. The lowest BCUT2D eigenvalue weighted by atomic mass is 10.1. The van der Waals surface area contributed by atoms with Gasteiger partial charge < -0.3 is 26.3 Å². The molecule has 3 aromatic rings. The summed E-state index contributed by atoms with van der Waals surface area (Å²) in [6, 6.07) is 7.76. The fraction of sp³-hybridized carbons (Fsp3) is 0.571. The molecule has 1 aliphatic rings. The second-order valence-corrected chi connectivity index (χ2v) is 13.7. The highest BCUT2D eigenvalue weighted by Gasteiger charge is 2.39. The van der Waals surface area contributed by atoms with Crippen LogP contribution in [0.3, 0.4) is 0 Å². The van der Waals surface area contributed by atoms with E-state index >= 15 is 0 Å². The molecule has 1 saturated heterocycles. The van der Waals surface area contributed by atoms with E-state index in [1.807, 2.05) is 24.3 Å². The fourth-order valence-corrected chi connectivity index (χ4v) is 7.08. The molecule has 0 spiro atoms. The summed E-state index contributed by atoms with van der Waals surface area (Å²) in [5, 5.41) is 9.11. The minimum Gasteiger partial charge on any atom is -0.382 e. The molecule has 1 aromatic carbocycles. The molecule has 4 amide bonds. The lowest BCUT2D eigenvalue weighted by molar-refractivity contribution is -0.138. The first-order valence-electron chi connectivity index (χ1n) is 17.3. The fourth-order valence-electron chi connectivity index (χ4n) is 6.09. The second-order valence-electron chi connectivity index (χ2n) is 12.5. The van der Waals surface area contributed by atoms with Crippen LogP contribution in [0.2, 0.25) is 0 Å². The van der Waals surface area contributed by atoms with Crippen LogP contribution in [0.4, 0.5) is 5.82 Å². The maximum absolute atomic E-state index is 12.9. The molecule has 2 atom stereocenters. The van der Waals surface area contributed by atoms with Crippen LogP contribution in [0.25, 0.3) is 21.9 Å². The molecule has 1 aliphatic heterocycles. The Hall–Kier alpha value is -4.04. The summed E-state index contributed by atoms with van der Waals surface area (Å²) < 4.78 is 2.24. The van der Waals surface area contributed by atoms with Gasteiger partial charge in [-0.25, -0.2) is 9.97 Å². The SMILES string of the molecule is CCCCc1nc2c(N)nc3ccccc3c2n1CCCCNC(=O)CCN1C(=O)CC(SCC(=O)NCCCCC(NC)C(C)=O)C1=O. The van der Waals surface area contributed by atoms with Crippen molar-refractivity contribution >= 4 is 68.9 Å². The molecule has 0 bridgehead atoms. The first-order chi connectivity index (χ1) is 23.6. The first-order valence-corrected chi connectivity index (χ1v) is 18.4. The maximum Gasteiger partial charge on any atom is 0.242 e. The van der Waals surface area contributed by atoms with Crippen molar-refractivity contribution in [1.29, 1.82) is 0 Å². The number of amides is 4. The third-order valence-corrected chi connectivity index (χ3v) is 10.0. The number of nitrogens with one attached hydrogen (secondary N) is 3. The number of Topliss-reactive ketones (excluding diaryl/α,β-unsaturated/α-hetero) is 1. The number of carbonyl (C=O) groups excluding carboxylic acids is 5. The number of likely N-dealkylation sites (tertiary alicyclic amines) is 1. The van der Waals surface area contributed by atoms with Crippen molar-refractivity contribution in [1.82, 2.24) is 35.4 Å². The predicted molar refractivity (Wildman–Crippen MR) is 193 cm³/mol. The van der Waals surface area contributed by atoms with Crippen LogP contribution in [0.5, 0.6) is 0 Å². The molecule has 1 fully saturated rings. The Morgan fingerprint density at radius 3 is 2.47 bits per heavy atom. The van der Waals surface area contributed by atoms with Crippen molar-refractivity contribution in [2.75, 3.05) is 38.2 Å². The molecule has 3 heterocycles. The monoisotopic (exact) mass is 694 g/mol. The van der Waals surface area contributed by atoms with Gasteiger partial charge in [0.15, 0.2) is 5.82 Å². The molecular weight excluding hydrogens is 645 g/mol. The number of carbonyl (C=O) groups is 5. The van der Waals surface area contributed by atoms with Gasteiger partial charge in [0.25, 0.3) is 0 Å². The zero-order chi connectivity index (χ0) is 35.3. The van der Waals surface area contributed by atoms with E-state index in [1.165, 1.54) is 0 Å². The minimum absolute atomic E-state index is 0.0188. The number of hydrogen-bond acceptors (Lipinski definition) is 10. The smallest absolute Gasteiger partial charge is 0.242 e. The van der Waals surface area contributed by atoms with E-state index in [2.05, 4.69) is 32.4 Å². The summed E-state index contributed by atoms with van der Waals surface area (Å²) in [4.78, 5) is 72.3. The number of nitrogen functional groups attached to an aromatic ring is 1. The van der Waals surface area contributed by atoms with Crippen molar-refractivity contribution < 1.29 is 24.0 Å². The largest absolute Gasteiger partial charge is 0.382 e. The van der Waals surface area contributed by atoms with Crippen LogP contribution in [0, 0.1) is 0 Å². The summed E-state index contributed by atoms with van der Waals surface area (Å²) >= 11 is 1.15. The second kappa shape index (κ2) is 18.6. The van der Waals surface area contributed by atoms with Gasteiger partial charge in [-0.05, 0) is 58.6 Å². The number of thioether (sulfide) groups is 1. The van der Waals surface area contributed by atoms with Crippen LogP contribution < -0.4 is 21.7 Å². The van der Waals surface area contributed by atoms with Crippen molar-refractivity contribution in [3.8, 4) is 0 Å². The van der Waals surface area contributed by atoms with Gasteiger partial charge >= 0.3 is 0 Å². The Balaban J connectivity index is 1.16. The van der Waals surface area contributed by atoms with E-state index in [4.69, 9.17) is 10.7 Å². The molecule has 5 N–H and O–H groups in total. The van der Waals surface area contributed by atoms with Crippen LogP contribution in [0.15, 0.2) is 24.3 Å². The number of benzene rings is 1. The Labute approximate surface area is 291 Å². The van der Waals surface area contributed by atoms with E-state index < -0.39 is 5.25 Å². The number of aryl methyl sites for hydroxylation is 2. The number of unbranched alkanes of at least 4 members (excludes halogenated alkanes) is 3. The van der Waals surface area contributed by atoms with E-state index in [-0.39, 0.29) is 60.6 Å². The number of imide groups is 1. The number of aromatic nitrogens is 3. The van der Waals surface area contributed by atoms with Gasteiger partial charge in [0.1, 0.15) is 17.1 Å². The first kappa shape index (κ1) is 37.8. The van der Waals surface area contributed by atoms with Crippen LogP contribution in [0.1, 0.15) is 77.5 Å². The van der Waals surface area contributed by atoms with Crippen molar-refractivity contribution in [3.05, 3.63) is 30.1 Å². The predicted octanol–water partition coefficient (Wildman–Crippen LogP) is 3.12. The van der Waals surface area contributed by atoms with Gasteiger partial charge in [-0.3, -0.25) is 28.9 Å². The molecule has 266 valence electrons. The number of ketones is 1. The van der Waals surface area contributed by atoms with Crippen molar-refractivity contribution in [3.63, 3.8) is 0 Å². The third kappa shape index (κ3) is 10.2. The average molecular weight is 695 g/mol. The van der Waals surface area contributed by atoms with Gasteiger partial charge in [0, 0.05) is 50.8 Å². The summed E-state index contributed by atoms with van der Waals surface area (Å²) in [5.41, 5.74) is 8.86.